The van der Waals surface area contributed by atoms with Gasteiger partial charge in [0.15, 0.2) is 16.5 Å². The van der Waals surface area contributed by atoms with Gasteiger partial charge in [0, 0.05) is 11.8 Å². The fourth-order valence-corrected chi connectivity index (χ4v) is 3.79. The van der Waals surface area contributed by atoms with Gasteiger partial charge in [0.1, 0.15) is 0 Å². The second kappa shape index (κ2) is 7.87. The Morgan fingerprint density at radius 3 is 2.52 bits per heavy atom. The van der Waals surface area contributed by atoms with Gasteiger partial charge in [-0.15, -0.1) is 0 Å². The molecule has 3 rings (SSSR count). The molecule has 25 heavy (non-hydrogen) atoms. The van der Waals surface area contributed by atoms with Crippen LogP contribution < -0.4 is 9.47 Å². The molecule has 0 unspecified atom stereocenters. The maximum Gasteiger partial charge on any atom is 0.163 e. The van der Waals surface area contributed by atoms with Crippen molar-refractivity contribution in [2.24, 2.45) is 11.8 Å². The first kappa shape index (κ1) is 17.7. The van der Waals surface area contributed by atoms with Crippen LogP contribution in [0.5, 0.6) is 11.5 Å². The fraction of sp³-hybridized carbons (Fsp3) is 0.381. The minimum atomic E-state index is 0.268. The largest absolute Gasteiger partial charge is 0.493 e. The highest BCUT2D eigenvalue weighted by Gasteiger charge is 2.34. The lowest BCUT2D eigenvalue weighted by Gasteiger charge is -2.18. The van der Waals surface area contributed by atoms with Gasteiger partial charge in [-0.25, -0.2) is 0 Å². The quantitative estimate of drug-likeness (QED) is 0.718. The van der Waals surface area contributed by atoms with Crippen LogP contribution in [0.1, 0.15) is 16.7 Å². The maximum absolute atomic E-state index is 5.74. The van der Waals surface area contributed by atoms with Crippen molar-refractivity contribution in [2.45, 2.75) is 19.8 Å². The summed E-state index contributed by atoms with van der Waals surface area (Å²) >= 11 is 5.50. The molecule has 1 fully saturated rings. The predicted octanol–water partition coefficient (Wildman–Crippen LogP) is 4.39. The minimum absolute atomic E-state index is 0.268. The van der Waals surface area contributed by atoms with Crippen LogP contribution in [-0.2, 0) is 17.6 Å². The average molecular weight is 356 g/mol. The van der Waals surface area contributed by atoms with Gasteiger partial charge in [0.05, 0.1) is 20.8 Å². The summed E-state index contributed by atoms with van der Waals surface area (Å²) in [6.45, 7) is 2.83. The van der Waals surface area contributed by atoms with Crippen LogP contribution >= 0.6 is 12.2 Å². The number of ether oxygens (including phenoxy) is 3. The molecule has 1 aliphatic heterocycles. The van der Waals surface area contributed by atoms with Crippen molar-refractivity contribution in [3.05, 3.63) is 59.2 Å². The smallest absolute Gasteiger partial charge is 0.163 e. The lowest BCUT2D eigenvalue weighted by Crippen LogP contribution is -2.20. The molecule has 0 aliphatic carbocycles. The maximum atomic E-state index is 5.74. The standard InChI is InChI=1S/C21H24O3S/c1-14-6-4-5-7-16(14)12-18-17(13-24-21(18)25)10-15-8-9-19(22-2)20(11-15)23-3/h4-9,11,17-18H,10,12-13H2,1-3H3/t17-,18+/m0/s1. The van der Waals surface area contributed by atoms with Gasteiger partial charge >= 0.3 is 0 Å². The van der Waals surface area contributed by atoms with Crippen LogP contribution in [0.4, 0.5) is 0 Å². The first-order chi connectivity index (χ1) is 12.1. The highest BCUT2D eigenvalue weighted by molar-refractivity contribution is 7.80. The summed E-state index contributed by atoms with van der Waals surface area (Å²) in [5.74, 6) is 2.16. The van der Waals surface area contributed by atoms with Crippen LogP contribution in [0.3, 0.4) is 0 Å². The molecular weight excluding hydrogens is 332 g/mol. The third-order valence-corrected chi connectivity index (χ3v) is 5.38. The molecule has 3 nitrogen and oxygen atoms in total. The monoisotopic (exact) mass is 356 g/mol. The Kier molecular flexibility index (Phi) is 5.59. The lowest BCUT2D eigenvalue weighted by molar-refractivity contribution is 0.294. The molecule has 132 valence electrons. The molecule has 2 aromatic rings. The van der Waals surface area contributed by atoms with Gasteiger partial charge < -0.3 is 14.2 Å². The molecule has 0 spiro atoms. The van der Waals surface area contributed by atoms with E-state index in [4.69, 9.17) is 26.4 Å². The molecule has 0 radical (unpaired) electrons. The van der Waals surface area contributed by atoms with Crippen LogP contribution in [0.25, 0.3) is 0 Å². The summed E-state index contributed by atoms with van der Waals surface area (Å²) in [6.07, 6.45) is 1.85. The zero-order chi connectivity index (χ0) is 17.8. The van der Waals surface area contributed by atoms with E-state index in [9.17, 15) is 0 Å². The molecule has 0 N–H and O–H groups in total. The number of aryl methyl sites for hydroxylation is 1. The Morgan fingerprint density at radius 1 is 1.04 bits per heavy atom. The third kappa shape index (κ3) is 3.96. The molecule has 1 saturated heterocycles. The number of benzene rings is 2. The van der Waals surface area contributed by atoms with Crippen LogP contribution in [0, 0.1) is 18.8 Å². The highest BCUT2D eigenvalue weighted by atomic mass is 32.1. The van der Waals surface area contributed by atoms with Crippen molar-refractivity contribution in [1.82, 2.24) is 0 Å². The Morgan fingerprint density at radius 2 is 1.80 bits per heavy atom. The topological polar surface area (TPSA) is 27.7 Å². The predicted molar refractivity (Wildman–Crippen MR) is 104 cm³/mol. The van der Waals surface area contributed by atoms with Crippen LogP contribution in [-0.4, -0.2) is 25.9 Å². The minimum Gasteiger partial charge on any atom is -0.493 e. The van der Waals surface area contributed by atoms with Gasteiger partial charge in [-0.3, -0.25) is 0 Å². The summed E-state index contributed by atoms with van der Waals surface area (Å²) in [4.78, 5) is 0. The van der Waals surface area contributed by atoms with E-state index in [-0.39, 0.29) is 5.92 Å². The van der Waals surface area contributed by atoms with Crippen molar-refractivity contribution in [3.8, 4) is 11.5 Å². The molecule has 0 aromatic heterocycles. The highest BCUT2D eigenvalue weighted by Crippen LogP contribution is 2.33. The number of rotatable bonds is 6. The van der Waals surface area contributed by atoms with Gasteiger partial charge in [-0.1, -0.05) is 30.3 Å². The van der Waals surface area contributed by atoms with Crippen molar-refractivity contribution in [1.29, 1.82) is 0 Å². The van der Waals surface area contributed by atoms with E-state index in [1.54, 1.807) is 14.2 Å². The summed E-state index contributed by atoms with van der Waals surface area (Å²) in [7, 11) is 3.31. The van der Waals surface area contributed by atoms with E-state index in [2.05, 4.69) is 37.3 Å². The molecule has 1 aliphatic rings. The van der Waals surface area contributed by atoms with E-state index in [0.717, 1.165) is 29.4 Å². The van der Waals surface area contributed by atoms with E-state index in [1.165, 1.54) is 16.7 Å². The van der Waals surface area contributed by atoms with E-state index in [1.807, 2.05) is 12.1 Å². The van der Waals surface area contributed by atoms with Gasteiger partial charge in [0.25, 0.3) is 0 Å². The molecule has 0 saturated carbocycles. The molecule has 2 aromatic carbocycles. The molecular formula is C21H24O3S. The molecule has 4 heteroatoms. The molecule has 2 atom stereocenters. The number of hydrogen-bond acceptors (Lipinski definition) is 4. The Hall–Kier alpha value is -2.07. The first-order valence-corrected chi connectivity index (χ1v) is 8.95. The zero-order valence-electron chi connectivity index (χ0n) is 15.0. The van der Waals surface area contributed by atoms with Gasteiger partial charge in [-0.2, -0.15) is 0 Å². The fourth-order valence-electron chi connectivity index (χ4n) is 3.44. The zero-order valence-corrected chi connectivity index (χ0v) is 15.8. The normalized spacial score (nSPS) is 19.6. The van der Waals surface area contributed by atoms with E-state index < -0.39 is 0 Å². The Balaban J connectivity index is 1.77. The number of hydrogen-bond donors (Lipinski definition) is 0. The first-order valence-electron chi connectivity index (χ1n) is 8.54. The SMILES string of the molecule is COc1ccc(C[C@H]2COC(=S)[C@@H]2Cc2ccccc2C)cc1OC. The van der Waals surface area contributed by atoms with Crippen LogP contribution in [0.15, 0.2) is 42.5 Å². The van der Waals surface area contributed by atoms with Crippen molar-refractivity contribution in [3.63, 3.8) is 0 Å². The molecule has 1 heterocycles. The summed E-state index contributed by atoms with van der Waals surface area (Å²) in [5, 5.41) is 0.744. The second-order valence-electron chi connectivity index (χ2n) is 6.52. The van der Waals surface area contributed by atoms with E-state index >= 15 is 0 Å². The Labute approximate surface area is 154 Å². The summed E-state index contributed by atoms with van der Waals surface area (Å²) in [6, 6.07) is 14.6. The van der Waals surface area contributed by atoms with Crippen LogP contribution in [0.2, 0.25) is 0 Å². The van der Waals surface area contributed by atoms with Crippen molar-refractivity contribution >= 4 is 17.3 Å². The second-order valence-corrected chi connectivity index (χ2v) is 6.92. The number of thiocarbonyl (C=S) groups is 1. The summed E-state index contributed by atoms with van der Waals surface area (Å²) in [5.41, 5.74) is 3.87. The third-order valence-electron chi connectivity index (χ3n) is 4.96. The Bertz CT molecular complexity index is 757. The number of methoxy groups -OCH3 is 2. The molecule has 0 amide bonds. The van der Waals surface area contributed by atoms with Gasteiger partial charge in [-0.05, 0) is 60.8 Å². The summed E-state index contributed by atoms with van der Waals surface area (Å²) < 4.78 is 16.5. The lowest BCUT2D eigenvalue weighted by atomic mass is 9.84. The van der Waals surface area contributed by atoms with Crippen molar-refractivity contribution < 1.29 is 14.2 Å². The molecule has 0 bridgehead atoms. The van der Waals surface area contributed by atoms with Gasteiger partial charge in [0.2, 0.25) is 0 Å². The average Bonchev–Trinajstić information content (AvgIpc) is 2.96. The van der Waals surface area contributed by atoms with E-state index in [0.29, 0.717) is 12.5 Å². The van der Waals surface area contributed by atoms with Crippen molar-refractivity contribution in [2.75, 3.05) is 20.8 Å².